The van der Waals surface area contributed by atoms with Crippen molar-refractivity contribution in [3.8, 4) is 5.92 Å². The quantitative estimate of drug-likeness (QED) is 0.287. The van der Waals surface area contributed by atoms with Crippen LogP contribution >= 0.6 is 0 Å². The molecule has 0 aromatic rings. The fourth-order valence-electron chi connectivity index (χ4n) is 2.91. The molecule has 0 bridgehead atoms. The van der Waals surface area contributed by atoms with Crippen LogP contribution in [0, 0.1) is 12.3 Å². The summed E-state index contributed by atoms with van der Waals surface area (Å²) >= 11 is 0. The van der Waals surface area contributed by atoms with Gasteiger partial charge in [0.25, 0.3) is 0 Å². The number of unbranched alkanes of at least 4 members (excludes halogenated alkanes) is 1. The maximum Gasteiger partial charge on any atom is 1.00 e. The van der Waals surface area contributed by atoms with Gasteiger partial charge in [0, 0.05) is 6.61 Å². The van der Waals surface area contributed by atoms with Gasteiger partial charge in [-0.2, -0.15) is 0 Å². The van der Waals surface area contributed by atoms with Crippen molar-refractivity contribution in [3.05, 3.63) is 6.42 Å². The minimum absolute atomic E-state index is 0. The summed E-state index contributed by atoms with van der Waals surface area (Å²) in [5, 5.41) is 0. The molecule has 17 heavy (non-hydrogen) atoms. The van der Waals surface area contributed by atoms with Crippen molar-refractivity contribution in [1.82, 2.24) is 0 Å². The molecule has 0 unspecified atom stereocenters. The Kier molecular flexibility index (Phi) is 10.7. The first-order chi connectivity index (χ1) is 7.39. The van der Waals surface area contributed by atoms with E-state index in [2.05, 4.69) is 47.5 Å². The van der Waals surface area contributed by atoms with E-state index in [9.17, 15) is 0 Å². The van der Waals surface area contributed by atoms with Crippen molar-refractivity contribution in [3.63, 3.8) is 0 Å². The normalized spacial score (nSPS) is 11.8. The van der Waals surface area contributed by atoms with Gasteiger partial charge in [-0.05, 0) is 29.5 Å². The third kappa shape index (κ3) is 5.23. The second-order valence-electron chi connectivity index (χ2n) is 5.45. The molecule has 0 rings (SSSR count). The summed E-state index contributed by atoms with van der Waals surface area (Å²) in [6.45, 7) is 14.6. The minimum Gasteiger partial charge on any atom is -0.694 e. The third-order valence-corrected chi connectivity index (χ3v) is 9.62. The Morgan fingerprint density at radius 1 is 1.00 bits per heavy atom. The van der Waals surface area contributed by atoms with Crippen LogP contribution in [-0.4, -0.2) is 14.9 Å². The summed E-state index contributed by atoms with van der Waals surface area (Å²) in [6, 6.07) is 0. The van der Waals surface area contributed by atoms with Crippen LogP contribution in [0.5, 0.6) is 0 Å². The molecular weight excluding hydrogens is 219 g/mol. The summed E-state index contributed by atoms with van der Waals surface area (Å²) in [5.74, 6) is 2.43. The predicted molar refractivity (Wildman–Crippen MR) is 73.4 cm³/mol. The molecule has 3 heteroatoms. The molecule has 0 aliphatic heterocycles. The van der Waals surface area contributed by atoms with Crippen LogP contribution in [0.3, 0.4) is 0 Å². The zero-order valence-corrected chi connectivity index (χ0v) is 13.8. The van der Waals surface area contributed by atoms with E-state index in [1.54, 1.807) is 0 Å². The number of hydrogen-bond donors (Lipinski definition) is 0. The zero-order chi connectivity index (χ0) is 12.8. The summed E-state index contributed by atoms with van der Waals surface area (Å²) in [5.41, 5.74) is 1.95. The monoisotopic (exact) mass is 246 g/mol. The molecule has 94 valence electrons. The van der Waals surface area contributed by atoms with Crippen molar-refractivity contribution in [2.75, 3.05) is 6.61 Å². The van der Waals surface area contributed by atoms with Gasteiger partial charge >= 0.3 is 18.9 Å². The van der Waals surface area contributed by atoms with E-state index in [0.717, 1.165) is 19.4 Å². The standard InChI is InChI=1S/C14H27OSi.Li/c1-8-9-10-11-15-16(12(2)3,13(4)5)14(6)7;/h12-14H,9-11H2,2-7H3;/q-1;+1. The number of rotatable bonds is 7. The average molecular weight is 246 g/mol. The van der Waals surface area contributed by atoms with Gasteiger partial charge in [0.2, 0.25) is 0 Å². The van der Waals surface area contributed by atoms with Gasteiger partial charge in [-0.25, -0.2) is 0 Å². The van der Waals surface area contributed by atoms with Crippen LogP contribution in [0.15, 0.2) is 0 Å². The van der Waals surface area contributed by atoms with Crippen LogP contribution in [0.1, 0.15) is 54.4 Å². The first-order valence-electron chi connectivity index (χ1n) is 6.43. The van der Waals surface area contributed by atoms with E-state index in [1.165, 1.54) is 0 Å². The second-order valence-corrected chi connectivity index (χ2v) is 10.9. The van der Waals surface area contributed by atoms with Crippen molar-refractivity contribution in [2.45, 2.75) is 71.0 Å². The Balaban J connectivity index is 0. The van der Waals surface area contributed by atoms with Crippen LogP contribution < -0.4 is 18.9 Å². The van der Waals surface area contributed by atoms with Crippen LogP contribution in [0.2, 0.25) is 16.6 Å². The Labute approximate surface area is 121 Å². The Morgan fingerprint density at radius 2 is 1.41 bits per heavy atom. The van der Waals surface area contributed by atoms with Gasteiger partial charge in [0.15, 0.2) is 8.32 Å². The fraction of sp³-hybridized carbons (Fsp3) is 0.857. The molecule has 0 aromatic heterocycles. The van der Waals surface area contributed by atoms with Gasteiger partial charge in [-0.15, -0.1) is 0 Å². The van der Waals surface area contributed by atoms with Gasteiger partial charge in [-0.1, -0.05) is 41.5 Å². The van der Waals surface area contributed by atoms with E-state index >= 15 is 0 Å². The molecule has 0 atom stereocenters. The molecule has 0 N–H and O–H groups in total. The maximum absolute atomic E-state index is 6.90. The van der Waals surface area contributed by atoms with Crippen molar-refractivity contribution in [2.24, 2.45) is 0 Å². The molecule has 0 radical (unpaired) electrons. The Bertz CT molecular complexity index is 209. The van der Waals surface area contributed by atoms with E-state index in [4.69, 9.17) is 10.8 Å². The molecular formula is C14H27LiOSi. The molecule has 0 aliphatic rings. The van der Waals surface area contributed by atoms with Gasteiger partial charge < -0.3 is 16.8 Å². The smallest absolute Gasteiger partial charge is 0.694 e. The fourth-order valence-corrected chi connectivity index (χ4v) is 8.41. The molecule has 0 heterocycles. The third-order valence-electron chi connectivity index (χ3n) is 3.51. The minimum atomic E-state index is -1.67. The topological polar surface area (TPSA) is 9.23 Å². The maximum atomic E-state index is 6.90. The molecule has 0 amide bonds. The Morgan fingerprint density at radius 3 is 1.71 bits per heavy atom. The van der Waals surface area contributed by atoms with Crippen molar-refractivity contribution in [1.29, 1.82) is 0 Å². The molecule has 0 fully saturated rings. The summed E-state index contributed by atoms with van der Waals surface area (Å²) in [7, 11) is -1.67. The largest absolute Gasteiger partial charge is 1.00 e. The molecule has 0 aromatic carbocycles. The van der Waals surface area contributed by atoms with Gasteiger partial charge in [0.05, 0.1) is 0 Å². The van der Waals surface area contributed by atoms with Crippen LogP contribution in [0.4, 0.5) is 0 Å². The van der Waals surface area contributed by atoms with Crippen LogP contribution in [-0.2, 0) is 4.43 Å². The summed E-state index contributed by atoms with van der Waals surface area (Å²) < 4.78 is 6.33. The zero-order valence-electron chi connectivity index (χ0n) is 12.8. The first-order valence-corrected chi connectivity index (χ1v) is 8.57. The van der Waals surface area contributed by atoms with E-state index < -0.39 is 8.32 Å². The number of hydrogen-bond acceptors (Lipinski definition) is 1. The Hall–Kier alpha value is 0.334. The van der Waals surface area contributed by atoms with Crippen molar-refractivity contribution >= 4 is 8.32 Å². The molecule has 0 saturated carbocycles. The molecule has 0 spiro atoms. The first kappa shape index (κ1) is 19.7. The summed E-state index contributed by atoms with van der Waals surface area (Å²) in [6.07, 6.45) is 8.55. The van der Waals surface area contributed by atoms with E-state index in [-0.39, 0.29) is 18.9 Å². The van der Waals surface area contributed by atoms with Gasteiger partial charge in [0.1, 0.15) is 0 Å². The van der Waals surface area contributed by atoms with E-state index in [1.807, 2.05) is 0 Å². The summed E-state index contributed by atoms with van der Waals surface area (Å²) in [4.78, 5) is 0. The predicted octanol–water partition coefficient (Wildman–Crippen LogP) is 1.55. The van der Waals surface area contributed by atoms with Crippen molar-refractivity contribution < 1.29 is 23.3 Å². The molecule has 1 nitrogen and oxygen atoms in total. The second kappa shape index (κ2) is 9.29. The molecule has 0 saturated heterocycles. The van der Waals surface area contributed by atoms with E-state index in [0.29, 0.717) is 16.6 Å². The van der Waals surface area contributed by atoms with Crippen LogP contribution in [0.25, 0.3) is 0 Å². The van der Waals surface area contributed by atoms with Gasteiger partial charge in [-0.3, -0.25) is 0 Å². The average Bonchev–Trinajstić information content (AvgIpc) is 2.16. The SMILES string of the molecule is [C-]#CCCCO[Si](C(C)C)(C(C)C)C(C)C.[Li+]. The molecule has 0 aliphatic carbocycles.